The van der Waals surface area contributed by atoms with E-state index in [1.54, 1.807) is 38.5 Å². The molecule has 0 spiro atoms. The second-order valence-corrected chi connectivity index (χ2v) is 8.47. The minimum absolute atomic E-state index is 0.000423. The Morgan fingerprint density at radius 3 is 1.43 bits per heavy atom. The van der Waals surface area contributed by atoms with Crippen LogP contribution in [0.15, 0.2) is 46.2 Å². The molecule has 0 aliphatic carbocycles. The Morgan fingerprint density at radius 2 is 1.13 bits per heavy atom. The second kappa shape index (κ2) is 10.8. The van der Waals surface area contributed by atoms with Gasteiger partial charge < -0.3 is 19.7 Å². The molecule has 0 unspecified atom stereocenters. The van der Waals surface area contributed by atoms with Crippen molar-refractivity contribution in [2.75, 3.05) is 14.2 Å². The third-order valence-electron chi connectivity index (χ3n) is 4.10. The molecule has 2 rings (SSSR count). The van der Waals surface area contributed by atoms with Crippen LogP contribution in [0.25, 0.3) is 12.2 Å². The van der Waals surface area contributed by atoms with E-state index < -0.39 is 11.9 Å². The number of aryl methyl sites for hydroxylation is 2. The van der Waals surface area contributed by atoms with Gasteiger partial charge in [-0.25, -0.2) is 9.59 Å². The molecule has 6 nitrogen and oxygen atoms in total. The Hall–Kier alpha value is -2.84. The van der Waals surface area contributed by atoms with Gasteiger partial charge in [0.25, 0.3) is 0 Å². The van der Waals surface area contributed by atoms with Gasteiger partial charge in [0.15, 0.2) is 0 Å². The Labute approximate surface area is 183 Å². The van der Waals surface area contributed by atoms with Crippen LogP contribution in [0.5, 0.6) is 11.5 Å². The van der Waals surface area contributed by atoms with Gasteiger partial charge in [-0.2, -0.15) is 0 Å². The molecule has 0 bridgehead atoms. The SMILES string of the molecule is COc1cc(/C=C(\SS/C(=C/c2ccc(C)c(OC)c2)C(=O)O)C(=O)O)ccc1C. The zero-order chi connectivity index (χ0) is 22.3. The lowest BCUT2D eigenvalue weighted by atomic mass is 10.1. The molecule has 2 N–H and O–H groups in total. The molecule has 0 heterocycles. The van der Waals surface area contributed by atoms with Crippen molar-refractivity contribution < 1.29 is 29.3 Å². The van der Waals surface area contributed by atoms with Crippen LogP contribution in [-0.2, 0) is 9.59 Å². The van der Waals surface area contributed by atoms with E-state index in [9.17, 15) is 19.8 Å². The van der Waals surface area contributed by atoms with Crippen LogP contribution in [0.4, 0.5) is 0 Å². The Balaban J connectivity index is 2.28. The number of ether oxygens (including phenoxy) is 2. The van der Waals surface area contributed by atoms with Crippen molar-refractivity contribution in [1.82, 2.24) is 0 Å². The normalized spacial score (nSPS) is 11.9. The summed E-state index contributed by atoms with van der Waals surface area (Å²) in [6, 6.07) is 10.7. The summed E-state index contributed by atoms with van der Waals surface area (Å²) in [5.74, 6) is -1.00. The fraction of sp³-hybridized carbons (Fsp3) is 0.182. The van der Waals surface area contributed by atoms with Crippen molar-refractivity contribution in [2.45, 2.75) is 13.8 Å². The summed E-state index contributed by atoms with van der Waals surface area (Å²) in [5.41, 5.74) is 3.15. The number of hydrogen-bond acceptors (Lipinski definition) is 6. The molecule has 2 aromatic carbocycles. The van der Waals surface area contributed by atoms with Crippen LogP contribution in [0.2, 0.25) is 0 Å². The van der Waals surface area contributed by atoms with E-state index in [0.29, 0.717) is 22.6 Å². The first-order chi connectivity index (χ1) is 14.2. The minimum atomic E-state index is -1.14. The zero-order valence-electron chi connectivity index (χ0n) is 17.0. The maximum Gasteiger partial charge on any atom is 0.343 e. The fourth-order valence-corrected chi connectivity index (χ4v) is 4.43. The van der Waals surface area contributed by atoms with Crippen molar-refractivity contribution >= 4 is 45.7 Å². The number of methoxy groups -OCH3 is 2. The van der Waals surface area contributed by atoms with Gasteiger partial charge in [0, 0.05) is 0 Å². The number of carbonyl (C=O) groups is 2. The van der Waals surface area contributed by atoms with E-state index in [1.807, 2.05) is 26.0 Å². The lowest BCUT2D eigenvalue weighted by molar-refractivity contribution is -0.132. The number of carboxylic acid groups (broad SMARTS) is 2. The van der Waals surface area contributed by atoms with Crippen LogP contribution in [0, 0.1) is 13.8 Å². The predicted molar refractivity (Wildman–Crippen MR) is 122 cm³/mol. The molecule has 0 aromatic heterocycles. The number of benzene rings is 2. The average Bonchev–Trinajstić information content (AvgIpc) is 2.71. The van der Waals surface area contributed by atoms with Crippen LogP contribution < -0.4 is 9.47 Å². The highest BCUT2D eigenvalue weighted by atomic mass is 33.1. The van der Waals surface area contributed by atoms with Gasteiger partial charge in [0.1, 0.15) is 21.3 Å². The van der Waals surface area contributed by atoms with Gasteiger partial charge >= 0.3 is 11.9 Å². The molecule has 0 atom stereocenters. The highest BCUT2D eigenvalue weighted by Gasteiger charge is 2.15. The molecule has 0 amide bonds. The quantitative estimate of drug-likeness (QED) is 0.398. The van der Waals surface area contributed by atoms with Crippen LogP contribution in [0.1, 0.15) is 22.3 Å². The van der Waals surface area contributed by atoms with Crippen molar-refractivity contribution in [1.29, 1.82) is 0 Å². The summed E-state index contributed by atoms with van der Waals surface area (Å²) in [4.78, 5) is 23.3. The number of hydrogen-bond donors (Lipinski definition) is 2. The molecule has 158 valence electrons. The molecule has 2 aromatic rings. The summed E-state index contributed by atoms with van der Waals surface area (Å²) in [7, 11) is 4.82. The molecule has 0 radical (unpaired) electrons. The minimum Gasteiger partial charge on any atom is -0.496 e. The van der Waals surface area contributed by atoms with Crippen LogP contribution in [0.3, 0.4) is 0 Å². The Morgan fingerprint density at radius 1 is 0.767 bits per heavy atom. The van der Waals surface area contributed by atoms with Gasteiger partial charge in [-0.1, -0.05) is 24.3 Å². The summed E-state index contributed by atoms with van der Waals surface area (Å²) >= 11 is 0. The van der Waals surface area contributed by atoms with Gasteiger partial charge in [-0.15, -0.1) is 0 Å². The van der Waals surface area contributed by atoms with Crippen molar-refractivity contribution in [3.05, 3.63) is 68.5 Å². The summed E-state index contributed by atoms with van der Waals surface area (Å²) < 4.78 is 10.5. The third-order valence-corrected chi connectivity index (χ3v) is 6.46. The molecule has 8 heteroatoms. The smallest absolute Gasteiger partial charge is 0.343 e. The largest absolute Gasteiger partial charge is 0.496 e. The van der Waals surface area contributed by atoms with Crippen molar-refractivity contribution in [2.24, 2.45) is 0 Å². The first-order valence-electron chi connectivity index (χ1n) is 8.79. The highest BCUT2D eigenvalue weighted by Crippen LogP contribution is 2.39. The summed E-state index contributed by atoms with van der Waals surface area (Å²) in [6.07, 6.45) is 2.96. The van der Waals surface area contributed by atoms with E-state index >= 15 is 0 Å². The Kier molecular flexibility index (Phi) is 8.44. The molecule has 30 heavy (non-hydrogen) atoms. The van der Waals surface area contributed by atoms with E-state index in [1.165, 1.54) is 12.2 Å². The second-order valence-electron chi connectivity index (χ2n) is 6.25. The van der Waals surface area contributed by atoms with Gasteiger partial charge in [-0.3, -0.25) is 0 Å². The molecule has 0 aliphatic heterocycles. The molecular weight excluding hydrogens is 424 g/mol. The first kappa shape index (κ1) is 23.4. The van der Waals surface area contributed by atoms with Crippen molar-refractivity contribution in [3.63, 3.8) is 0 Å². The topological polar surface area (TPSA) is 93.1 Å². The predicted octanol–water partition coefficient (Wildman–Crippen LogP) is 5.25. The number of carboxylic acids is 2. The molecule has 0 saturated carbocycles. The summed E-state index contributed by atoms with van der Waals surface area (Å²) in [6.45, 7) is 3.78. The Bertz CT molecular complexity index is 929. The molecular formula is C22H22O6S2. The summed E-state index contributed by atoms with van der Waals surface area (Å²) in [5, 5.41) is 19.1. The fourth-order valence-electron chi connectivity index (χ4n) is 2.49. The lowest BCUT2D eigenvalue weighted by Crippen LogP contribution is -1.99. The number of aliphatic carboxylic acids is 2. The van der Waals surface area contributed by atoms with E-state index in [4.69, 9.17) is 9.47 Å². The van der Waals surface area contributed by atoms with Gasteiger partial charge in [-0.05, 0) is 82.0 Å². The lowest BCUT2D eigenvalue weighted by Gasteiger charge is -2.08. The maximum absolute atomic E-state index is 11.7. The van der Waals surface area contributed by atoms with Crippen LogP contribution >= 0.6 is 21.6 Å². The van der Waals surface area contributed by atoms with E-state index in [2.05, 4.69) is 0 Å². The highest BCUT2D eigenvalue weighted by molar-refractivity contribution is 8.80. The van der Waals surface area contributed by atoms with E-state index in [-0.39, 0.29) is 9.81 Å². The van der Waals surface area contributed by atoms with E-state index in [0.717, 1.165) is 32.7 Å². The average molecular weight is 447 g/mol. The van der Waals surface area contributed by atoms with Gasteiger partial charge in [0.2, 0.25) is 0 Å². The first-order valence-corrected chi connectivity index (χ1v) is 10.9. The van der Waals surface area contributed by atoms with Crippen LogP contribution in [-0.4, -0.2) is 36.4 Å². The maximum atomic E-state index is 11.7. The van der Waals surface area contributed by atoms with Crippen molar-refractivity contribution in [3.8, 4) is 11.5 Å². The molecule has 0 saturated heterocycles. The monoisotopic (exact) mass is 446 g/mol. The molecule has 0 aliphatic rings. The third kappa shape index (κ3) is 6.33. The standard InChI is InChI=1S/C22H22O6S2/c1-13-5-7-15(9-17(13)27-3)11-19(21(23)24)29-30-20(22(25)26)12-16-8-6-14(2)18(10-16)28-4/h5-12H,1-4H3,(H,23,24)(H,25,26)/b19-11-,20-12+. The molecule has 0 fully saturated rings. The zero-order valence-corrected chi connectivity index (χ0v) is 18.6. The number of rotatable bonds is 9. The van der Waals surface area contributed by atoms with Gasteiger partial charge in [0.05, 0.1) is 14.2 Å².